The number of rotatable bonds is 4. The van der Waals surface area contributed by atoms with Gasteiger partial charge in [-0.15, -0.1) is 0 Å². The highest BCUT2D eigenvalue weighted by Crippen LogP contribution is 2.27. The van der Waals surface area contributed by atoms with Crippen molar-refractivity contribution in [3.63, 3.8) is 0 Å². The third kappa shape index (κ3) is 4.12. The van der Waals surface area contributed by atoms with Crippen LogP contribution in [-0.2, 0) is 4.79 Å². The summed E-state index contributed by atoms with van der Waals surface area (Å²) in [4.78, 5) is 11.9. The highest BCUT2D eigenvalue weighted by molar-refractivity contribution is 9.10. The van der Waals surface area contributed by atoms with Crippen LogP contribution in [-0.4, -0.2) is 12.5 Å². The van der Waals surface area contributed by atoms with Crippen LogP contribution in [0.3, 0.4) is 0 Å². The van der Waals surface area contributed by atoms with Crippen LogP contribution in [0.5, 0.6) is 5.75 Å². The molecular weight excluding hydrogens is 356 g/mol. The van der Waals surface area contributed by atoms with Crippen LogP contribution in [0.25, 0.3) is 0 Å². The summed E-state index contributed by atoms with van der Waals surface area (Å²) in [5, 5.41) is 3.20. The Morgan fingerprint density at radius 2 is 2.14 bits per heavy atom. The largest absolute Gasteiger partial charge is 0.482 e. The van der Waals surface area contributed by atoms with Crippen LogP contribution < -0.4 is 15.8 Å². The first kappa shape index (κ1) is 15.7. The topological polar surface area (TPSA) is 64.3 Å². The number of anilines is 2. The van der Waals surface area contributed by atoms with E-state index in [2.05, 4.69) is 21.2 Å². The van der Waals surface area contributed by atoms with E-state index in [1.54, 1.807) is 36.4 Å². The molecule has 0 fully saturated rings. The monoisotopic (exact) mass is 368 g/mol. The molecule has 0 saturated carbocycles. The van der Waals surface area contributed by atoms with Crippen molar-refractivity contribution >= 4 is 44.8 Å². The van der Waals surface area contributed by atoms with E-state index in [1.807, 2.05) is 6.92 Å². The molecule has 21 heavy (non-hydrogen) atoms. The molecule has 0 radical (unpaired) electrons. The van der Waals surface area contributed by atoms with Gasteiger partial charge in [0, 0.05) is 15.8 Å². The zero-order valence-corrected chi connectivity index (χ0v) is 13.7. The fourth-order valence-corrected chi connectivity index (χ4v) is 2.44. The number of nitrogens with two attached hydrogens (primary N) is 1. The van der Waals surface area contributed by atoms with Gasteiger partial charge in [-0.05, 0) is 42.8 Å². The Bertz CT molecular complexity index is 677. The molecule has 0 atom stereocenters. The van der Waals surface area contributed by atoms with Gasteiger partial charge in [0.1, 0.15) is 5.75 Å². The molecule has 0 heterocycles. The third-order valence-electron chi connectivity index (χ3n) is 2.90. The number of ether oxygens (including phenoxy) is 1. The molecule has 6 heteroatoms. The lowest BCUT2D eigenvalue weighted by molar-refractivity contribution is -0.118. The molecule has 0 unspecified atom stereocenters. The Labute approximate surface area is 136 Å². The average Bonchev–Trinajstić information content (AvgIpc) is 2.43. The predicted molar refractivity (Wildman–Crippen MR) is 88.9 cm³/mol. The third-order valence-corrected chi connectivity index (χ3v) is 3.69. The second-order valence-electron chi connectivity index (χ2n) is 4.43. The summed E-state index contributed by atoms with van der Waals surface area (Å²) in [6.45, 7) is 1.72. The van der Waals surface area contributed by atoms with Crippen molar-refractivity contribution in [2.75, 3.05) is 17.7 Å². The smallest absolute Gasteiger partial charge is 0.262 e. The zero-order chi connectivity index (χ0) is 15.4. The fraction of sp³-hybridized carbons (Fsp3) is 0.133. The first-order valence-electron chi connectivity index (χ1n) is 6.20. The van der Waals surface area contributed by atoms with Crippen LogP contribution in [0.1, 0.15) is 5.56 Å². The minimum absolute atomic E-state index is 0.129. The summed E-state index contributed by atoms with van der Waals surface area (Å²) in [6.07, 6.45) is 0. The standard InChI is InChI=1S/C15H14BrClN2O2/c1-9-12(18)3-2-4-13(9)19-15(20)8-21-14-6-5-10(16)7-11(14)17/h2-7H,8,18H2,1H3,(H,19,20). The number of amides is 1. The minimum atomic E-state index is -0.275. The first-order chi connectivity index (χ1) is 9.97. The molecule has 110 valence electrons. The summed E-state index contributed by atoms with van der Waals surface area (Å²) < 4.78 is 6.25. The lowest BCUT2D eigenvalue weighted by atomic mass is 10.1. The predicted octanol–water partition coefficient (Wildman–Crippen LogP) is 4.01. The van der Waals surface area contributed by atoms with Crippen molar-refractivity contribution in [1.29, 1.82) is 0 Å². The van der Waals surface area contributed by atoms with Crippen molar-refractivity contribution in [2.24, 2.45) is 0 Å². The lowest BCUT2D eigenvalue weighted by Gasteiger charge is -2.11. The molecule has 0 aliphatic heterocycles. The van der Waals surface area contributed by atoms with Gasteiger partial charge in [0.2, 0.25) is 0 Å². The van der Waals surface area contributed by atoms with Crippen molar-refractivity contribution in [1.82, 2.24) is 0 Å². The van der Waals surface area contributed by atoms with E-state index in [9.17, 15) is 4.79 Å². The van der Waals surface area contributed by atoms with Crippen molar-refractivity contribution in [2.45, 2.75) is 6.92 Å². The molecule has 3 N–H and O–H groups in total. The van der Waals surface area contributed by atoms with Crippen molar-refractivity contribution in [3.05, 3.63) is 51.5 Å². The van der Waals surface area contributed by atoms with Gasteiger partial charge in [-0.2, -0.15) is 0 Å². The van der Waals surface area contributed by atoms with E-state index < -0.39 is 0 Å². The summed E-state index contributed by atoms with van der Waals surface area (Å²) in [7, 11) is 0. The molecular formula is C15H14BrClN2O2. The highest BCUT2D eigenvalue weighted by atomic mass is 79.9. The number of nitrogen functional groups attached to an aromatic ring is 1. The molecule has 0 aliphatic carbocycles. The number of carbonyl (C=O) groups is 1. The summed E-state index contributed by atoms with van der Waals surface area (Å²) in [6, 6.07) is 10.5. The minimum Gasteiger partial charge on any atom is -0.482 e. The molecule has 2 rings (SSSR count). The number of halogens is 2. The van der Waals surface area contributed by atoms with E-state index in [-0.39, 0.29) is 12.5 Å². The Morgan fingerprint density at radius 1 is 1.38 bits per heavy atom. The molecule has 0 aliphatic rings. The molecule has 0 spiro atoms. The van der Waals surface area contributed by atoms with Gasteiger partial charge in [0.15, 0.2) is 6.61 Å². The molecule has 0 bridgehead atoms. The van der Waals surface area contributed by atoms with Crippen molar-refractivity contribution in [3.8, 4) is 5.75 Å². The molecule has 1 amide bonds. The van der Waals surface area contributed by atoms with Crippen LogP contribution >= 0.6 is 27.5 Å². The second-order valence-corrected chi connectivity index (χ2v) is 5.75. The van der Waals surface area contributed by atoms with Crippen LogP contribution in [0.2, 0.25) is 5.02 Å². The van der Waals surface area contributed by atoms with Gasteiger partial charge < -0.3 is 15.8 Å². The van der Waals surface area contributed by atoms with Gasteiger partial charge in [-0.25, -0.2) is 0 Å². The van der Waals surface area contributed by atoms with Crippen LogP contribution in [0, 0.1) is 6.92 Å². The fourth-order valence-electron chi connectivity index (χ4n) is 1.71. The molecule has 4 nitrogen and oxygen atoms in total. The van der Waals surface area contributed by atoms with Gasteiger partial charge in [-0.1, -0.05) is 33.6 Å². The number of hydrogen-bond acceptors (Lipinski definition) is 3. The van der Waals surface area contributed by atoms with Crippen LogP contribution in [0.15, 0.2) is 40.9 Å². The normalized spacial score (nSPS) is 10.2. The van der Waals surface area contributed by atoms with E-state index in [0.29, 0.717) is 22.1 Å². The number of carbonyl (C=O) groups excluding carboxylic acids is 1. The Morgan fingerprint density at radius 3 is 2.86 bits per heavy atom. The number of hydrogen-bond donors (Lipinski definition) is 2. The van der Waals surface area contributed by atoms with E-state index in [4.69, 9.17) is 22.1 Å². The lowest BCUT2D eigenvalue weighted by Crippen LogP contribution is -2.20. The zero-order valence-electron chi connectivity index (χ0n) is 11.3. The van der Waals surface area contributed by atoms with E-state index >= 15 is 0 Å². The first-order valence-corrected chi connectivity index (χ1v) is 7.37. The van der Waals surface area contributed by atoms with Gasteiger partial charge in [0.05, 0.1) is 5.02 Å². The molecule has 2 aromatic rings. The summed E-state index contributed by atoms with van der Waals surface area (Å²) >= 11 is 9.32. The quantitative estimate of drug-likeness (QED) is 0.800. The van der Waals surface area contributed by atoms with Gasteiger partial charge in [0.25, 0.3) is 5.91 Å². The maximum absolute atomic E-state index is 11.9. The Balaban J connectivity index is 1.97. The second kappa shape index (κ2) is 6.83. The SMILES string of the molecule is Cc1c(N)cccc1NC(=O)COc1ccc(Br)cc1Cl. The highest BCUT2D eigenvalue weighted by Gasteiger charge is 2.09. The van der Waals surface area contributed by atoms with Crippen molar-refractivity contribution < 1.29 is 9.53 Å². The summed E-state index contributed by atoms with van der Waals surface area (Å²) in [5.41, 5.74) is 7.92. The van der Waals surface area contributed by atoms with Gasteiger partial charge in [-0.3, -0.25) is 4.79 Å². The number of benzene rings is 2. The van der Waals surface area contributed by atoms with Crippen LogP contribution in [0.4, 0.5) is 11.4 Å². The summed E-state index contributed by atoms with van der Waals surface area (Å²) in [5.74, 6) is 0.182. The van der Waals surface area contributed by atoms with E-state index in [0.717, 1.165) is 10.0 Å². The molecule has 2 aromatic carbocycles. The Hall–Kier alpha value is -1.72. The average molecular weight is 370 g/mol. The maximum atomic E-state index is 11.9. The molecule has 0 saturated heterocycles. The number of nitrogens with one attached hydrogen (secondary N) is 1. The maximum Gasteiger partial charge on any atom is 0.262 e. The van der Waals surface area contributed by atoms with E-state index in [1.165, 1.54) is 0 Å². The molecule has 0 aromatic heterocycles. The Kier molecular flexibility index (Phi) is 5.09. The van der Waals surface area contributed by atoms with Gasteiger partial charge >= 0.3 is 0 Å².